The second-order valence-electron chi connectivity index (χ2n) is 3.19. The Labute approximate surface area is 94.1 Å². The van der Waals surface area contributed by atoms with Crippen molar-refractivity contribution in [2.24, 2.45) is 0 Å². The predicted octanol–water partition coefficient (Wildman–Crippen LogP) is 2.81. The van der Waals surface area contributed by atoms with Gasteiger partial charge in [0.25, 0.3) is 0 Å². The van der Waals surface area contributed by atoms with Crippen LogP contribution in [0.5, 0.6) is 0 Å². The van der Waals surface area contributed by atoms with E-state index in [0.717, 1.165) is 28.8 Å². The van der Waals surface area contributed by atoms with Gasteiger partial charge in [0.1, 0.15) is 5.52 Å². The van der Waals surface area contributed by atoms with Gasteiger partial charge < -0.3 is 4.42 Å². The Morgan fingerprint density at radius 2 is 2.33 bits per heavy atom. The van der Waals surface area contributed by atoms with Gasteiger partial charge in [-0.05, 0) is 18.2 Å². The molecule has 0 aliphatic rings. The molecular weight excluding hydrogens is 206 g/mol. The normalized spacial score (nSPS) is 10.0. The third-order valence-corrected chi connectivity index (χ3v) is 2.19. The summed E-state index contributed by atoms with van der Waals surface area (Å²) in [6.07, 6.45) is 0.805. The summed E-state index contributed by atoms with van der Waals surface area (Å²) in [7, 11) is 0. The Hall–Kier alpha value is -1.40. The Morgan fingerprint density at radius 3 is 3.13 bits per heavy atom. The van der Waals surface area contributed by atoms with Crippen LogP contribution in [0.1, 0.15) is 17.9 Å². The number of benzene rings is 1. The maximum Gasteiger partial charge on any atom is 0.192 e. The van der Waals surface area contributed by atoms with Crippen LogP contribution < -0.4 is 0 Å². The van der Waals surface area contributed by atoms with Gasteiger partial charge in [-0.1, -0.05) is 11.8 Å². The molecule has 0 fully saturated rings. The van der Waals surface area contributed by atoms with Crippen molar-refractivity contribution in [2.45, 2.75) is 13.3 Å². The van der Waals surface area contributed by atoms with Crippen molar-refractivity contribution in [3.05, 3.63) is 29.7 Å². The monoisotopic (exact) mass is 217 g/mol. The molecule has 3 heteroatoms. The second-order valence-corrected chi connectivity index (χ2v) is 3.64. The van der Waals surface area contributed by atoms with E-state index in [9.17, 15) is 0 Å². The smallest absolute Gasteiger partial charge is 0.192 e. The Morgan fingerprint density at radius 1 is 1.47 bits per heavy atom. The number of rotatable bonds is 1. The van der Waals surface area contributed by atoms with E-state index in [1.54, 1.807) is 0 Å². The van der Waals surface area contributed by atoms with Crippen LogP contribution in [0.4, 0.5) is 0 Å². The highest BCUT2D eigenvalue weighted by Gasteiger charge is 2.01. The van der Waals surface area contributed by atoms with Gasteiger partial charge in [-0.15, -0.1) is 0 Å². The van der Waals surface area contributed by atoms with Crippen LogP contribution in [0, 0.1) is 18.8 Å². The lowest BCUT2D eigenvalue weighted by molar-refractivity contribution is 0.561. The molecule has 15 heavy (non-hydrogen) atoms. The standard InChI is InChI=1S/C12H11NOS/c1-9-13-11-8-10(4-2-3-7-15)5-6-12(11)14-9/h5-6,8,15H,3,7H2,1H3. The number of oxazole rings is 1. The van der Waals surface area contributed by atoms with Crippen molar-refractivity contribution >= 4 is 23.7 Å². The largest absolute Gasteiger partial charge is 0.441 e. The average molecular weight is 217 g/mol. The highest BCUT2D eigenvalue weighted by molar-refractivity contribution is 7.80. The number of aromatic nitrogens is 1. The van der Waals surface area contributed by atoms with Gasteiger partial charge in [0.2, 0.25) is 0 Å². The zero-order chi connectivity index (χ0) is 10.7. The lowest BCUT2D eigenvalue weighted by atomic mass is 10.2. The summed E-state index contributed by atoms with van der Waals surface area (Å²) in [6.45, 7) is 1.84. The van der Waals surface area contributed by atoms with Crippen LogP contribution in [-0.2, 0) is 0 Å². The molecule has 0 saturated carbocycles. The van der Waals surface area contributed by atoms with Crippen molar-refractivity contribution in [3.63, 3.8) is 0 Å². The van der Waals surface area contributed by atoms with Gasteiger partial charge in [-0.3, -0.25) is 0 Å². The maximum atomic E-state index is 5.38. The molecule has 2 aromatic rings. The quantitative estimate of drug-likeness (QED) is 0.587. The maximum absolute atomic E-state index is 5.38. The summed E-state index contributed by atoms with van der Waals surface area (Å²) in [5, 5.41) is 0. The highest BCUT2D eigenvalue weighted by Crippen LogP contribution is 2.16. The molecule has 0 bridgehead atoms. The summed E-state index contributed by atoms with van der Waals surface area (Å²) in [4.78, 5) is 4.25. The summed E-state index contributed by atoms with van der Waals surface area (Å²) in [6, 6.07) is 5.79. The predicted molar refractivity (Wildman–Crippen MR) is 64.1 cm³/mol. The molecule has 0 aliphatic carbocycles. The Bertz CT molecular complexity index is 533. The van der Waals surface area contributed by atoms with E-state index < -0.39 is 0 Å². The van der Waals surface area contributed by atoms with E-state index >= 15 is 0 Å². The molecule has 2 nitrogen and oxygen atoms in total. The van der Waals surface area contributed by atoms with Gasteiger partial charge in [-0.2, -0.15) is 12.6 Å². The SMILES string of the molecule is Cc1nc2cc(C#CCCS)ccc2o1. The third-order valence-electron chi connectivity index (χ3n) is 1.96. The molecule has 76 valence electrons. The molecule has 0 saturated heterocycles. The van der Waals surface area contributed by atoms with Gasteiger partial charge in [0.05, 0.1) is 0 Å². The molecule has 0 radical (unpaired) electrons. The first-order valence-corrected chi connectivity index (χ1v) is 5.40. The zero-order valence-electron chi connectivity index (χ0n) is 8.45. The lowest BCUT2D eigenvalue weighted by Gasteiger charge is -1.88. The number of nitrogens with zero attached hydrogens (tertiary/aromatic N) is 1. The summed E-state index contributed by atoms with van der Waals surface area (Å²) in [5.74, 6) is 7.58. The lowest BCUT2D eigenvalue weighted by Crippen LogP contribution is -1.75. The molecule has 2 rings (SSSR count). The molecule has 0 aliphatic heterocycles. The number of hydrogen-bond donors (Lipinski definition) is 1. The van der Waals surface area contributed by atoms with Gasteiger partial charge in [0, 0.05) is 24.7 Å². The fourth-order valence-electron chi connectivity index (χ4n) is 1.34. The van der Waals surface area contributed by atoms with E-state index in [1.807, 2.05) is 25.1 Å². The first-order chi connectivity index (χ1) is 7.29. The Kier molecular flexibility index (Phi) is 2.98. The number of hydrogen-bond acceptors (Lipinski definition) is 3. The van der Waals surface area contributed by atoms with E-state index in [1.165, 1.54) is 0 Å². The van der Waals surface area contributed by atoms with Crippen molar-refractivity contribution in [1.82, 2.24) is 4.98 Å². The van der Waals surface area contributed by atoms with E-state index in [-0.39, 0.29) is 0 Å². The molecule has 1 aromatic carbocycles. The zero-order valence-corrected chi connectivity index (χ0v) is 9.34. The minimum absolute atomic E-state index is 0.686. The molecule has 0 N–H and O–H groups in total. The highest BCUT2D eigenvalue weighted by atomic mass is 32.1. The molecule has 0 spiro atoms. The van der Waals surface area contributed by atoms with Crippen LogP contribution in [-0.4, -0.2) is 10.7 Å². The second kappa shape index (κ2) is 4.41. The number of fused-ring (bicyclic) bond motifs is 1. The van der Waals surface area contributed by atoms with Crippen molar-refractivity contribution in [2.75, 3.05) is 5.75 Å². The van der Waals surface area contributed by atoms with Gasteiger partial charge >= 0.3 is 0 Å². The number of thiol groups is 1. The van der Waals surface area contributed by atoms with Crippen LogP contribution in [0.3, 0.4) is 0 Å². The summed E-state index contributed by atoms with van der Waals surface area (Å²) >= 11 is 4.10. The first kappa shape index (κ1) is 10.1. The van der Waals surface area contributed by atoms with Gasteiger partial charge in [0.15, 0.2) is 11.5 Å². The number of aryl methyl sites for hydroxylation is 1. The summed E-state index contributed by atoms with van der Waals surface area (Å²) in [5.41, 5.74) is 2.65. The van der Waals surface area contributed by atoms with Crippen molar-refractivity contribution in [1.29, 1.82) is 0 Å². The van der Waals surface area contributed by atoms with Crippen molar-refractivity contribution < 1.29 is 4.42 Å². The first-order valence-electron chi connectivity index (χ1n) is 4.76. The van der Waals surface area contributed by atoms with Crippen molar-refractivity contribution in [3.8, 4) is 11.8 Å². The van der Waals surface area contributed by atoms with Crippen LogP contribution in [0.15, 0.2) is 22.6 Å². The van der Waals surface area contributed by atoms with E-state index in [0.29, 0.717) is 5.89 Å². The van der Waals surface area contributed by atoms with Crippen LogP contribution >= 0.6 is 12.6 Å². The molecular formula is C12H11NOS. The van der Waals surface area contributed by atoms with Crippen LogP contribution in [0.2, 0.25) is 0 Å². The topological polar surface area (TPSA) is 26.0 Å². The average Bonchev–Trinajstić information content (AvgIpc) is 2.57. The Balaban J connectivity index is 2.35. The molecule has 1 aromatic heterocycles. The van der Waals surface area contributed by atoms with Crippen LogP contribution in [0.25, 0.3) is 11.1 Å². The molecule has 0 atom stereocenters. The molecule has 0 amide bonds. The molecule has 1 heterocycles. The minimum atomic E-state index is 0.686. The molecule has 0 unspecified atom stereocenters. The van der Waals surface area contributed by atoms with Gasteiger partial charge in [-0.25, -0.2) is 4.98 Å². The fraction of sp³-hybridized carbons (Fsp3) is 0.250. The fourth-order valence-corrected chi connectivity index (χ4v) is 1.45. The van der Waals surface area contributed by atoms with E-state index in [4.69, 9.17) is 4.42 Å². The third kappa shape index (κ3) is 2.34. The minimum Gasteiger partial charge on any atom is -0.441 e. The summed E-state index contributed by atoms with van der Waals surface area (Å²) < 4.78 is 5.38. The van der Waals surface area contributed by atoms with E-state index in [2.05, 4.69) is 29.5 Å².